The molecule has 1 heterocycles. The molecule has 0 spiro atoms. The van der Waals surface area contributed by atoms with Crippen molar-refractivity contribution in [1.29, 1.82) is 0 Å². The maximum absolute atomic E-state index is 12.6. The number of hydrogen-bond donors (Lipinski definition) is 1. The highest BCUT2D eigenvalue weighted by Gasteiger charge is 2.37. The molecule has 0 radical (unpaired) electrons. The van der Waals surface area contributed by atoms with Gasteiger partial charge < -0.3 is 10.2 Å². The molecular formula is C21H24N2O2. The first-order valence-electron chi connectivity index (χ1n) is 8.68. The summed E-state index contributed by atoms with van der Waals surface area (Å²) in [6.45, 7) is 6.44. The number of amides is 2. The van der Waals surface area contributed by atoms with Crippen LogP contribution in [0.25, 0.3) is 0 Å². The zero-order valence-corrected chi connectivity index (χ0v) is 15.0. The normalized spacial score (nSPS) is 18.3. The van der Waals surface area contributed by atoms with Gasteiger partial charge in [0.15, 0.2) is 0 Å². The molecule has 2 aromatic rings. The van der Waals surface area contributed by atoms with Gasteiger partial charge in [-0.2, -0.15) is 0 Å². The zero-order chi connectivity index (χ0) is 18.0. The van der Waals surface area contributed by atoms with Gasteiger partial charge in [0, 0.05) is 18.7 Å². The molecule has 25 heavy (non-hydrogen) atoms. The van der Waals surface area contributed by atoms with E-state index in [4.69, 9.17) is 0 Å². The Morgan fingerprint density at radius 2 is 1.88 bits per heavy atom. The van der Waals surface area contributed by atoms with Crippen LogP contribution in [0, 0.1) is 19.8 Å². The molecule has 1 aliphatic heterocycles. The number of anilines is 1. The van der Waals surface area contributed by atoms with E-state index in [-0.39, 0.29) is 30.2 Å². The van der Waals surface area contributed by atoms with Crippen LogP contribution in [0.5, 0.6) is 0 Å². The lowest BCUT2D eigenvalue weighted by Gasteiger charge is -2.25. The maximum atomic E-state index is 12.6. The van der Waals surface area contributed by atoms with Gasteiger partial charge in [-0.3, -0.25) is 9.59 Å². The minimum absolute atomic E-state index is 0.0211. The van der Waals surface area contributed by atoms with Crippen molar-refractivity contribution in [3.05, 3.63) is 65.2 Å². The quantitative estimate of drug-likeness (QED) is 0.922. The van der Waals surface area contributed by atoms with Gasteiger partial charge in [0.25, 0.3) is 0 Å². The fourth-order valence-corrected chi connectivity index (χ4v) is 3.30. The first kappa shape index (κ1) is 17.2. The largest absolute Gasteiger partial charge is 0.335 e. The van der Waals surface area contributed by atoms with Crippen molar-refractivity contribution in [2.75, 3.05) is 11.9 Å². The standard InChI is InChI=1S/C21H24N2O2/c1-14-9-10-15(2)19(11-14)22-21(25)18-12-20(24)23(13-18)16(3)17-7-5-4-6-8-17/h4-11,16,18H,12-13H2,1-3H3,(H,22,25)/t16-,18+/m0/s1. The Bertz CT molecular complexity index is 786. The summed E-state index contributed by atoms with van der Waals surface area (Å²) < 4.78 is 0. The van der Waals surface area contributed by atoms with E-state index < -0.39 is 0 Å². The third kappa shape index (κ3) is 3.73. The number of nitrogens with one attached hydrogen (secondary N) is 1. The number of likely N-dealkylation sites (tertiary alicyclic amines) is 1. The molecule has 3 rings (SSSR count). The molecule has 4 heteroatoms. The fraction of sp³-hybridized carbons (Fsp3) is 0.333. The number of carbonyl (C=O) groups is 2. The Morgan fingerprint density at radius 3 is 2.60 bits per heavy atom. The van der Waals surface area contributed by atoms with Crippen molar-refractivity contribution in [2.24, 2.45) is 5.92 Å². The molecule has 1 N–H and O–H groups in total. The zero-order valence-electron chi connectivity index (χ0n) is 15.0. The van der Waals surface area contributed by atoms with E-state index in [1.54, 1.807) is 0 Å². The lowest BCUT2D eigenvalue weighted by molar-refractivity contribution is -0.129. The average Bonchev–Trinajstić information content (AvgIpc) is 3.00. The number of benzene rings is 2. The molecule has 0 bridgehead atoms. The van der Waals surface area contributed by atoms with Crippen molar-refractivity contribution in [1.82, 2.24) is 4.90 Å². The molecule has 2 atom stereocenters. The molecule has 0 aromatic heterocycles. The third-order valence-electron chi connectivity index (χ3n) is 4.93. The van der Waals surface area contributed by atoms with E-state index in [2.05, 4.69) is 5.32 Å². The van der Waals surface area contributed by atoms with Crippen LogP contribution in [0.3, 0.4) is 0 Å². The number of rotatable bonds is 4. The van der Waals surface area contributed by atoms with Gasteiger partial charge in [0.2, 0.25) is 11.8 Å². The first-order valence-corrected chi connectivity index (χ1v) is 8.68. The molecular weight excluding hydrogens is 312 g/mol. The summed E-state index contributed by atoms with van der Waals surface area (Å²) in [6.07, 6.45) is 0.272. The predicted octanol–water partition coefficient (Wildman–Crippen LogP) is 3.85. The highest BCUT2D eigenvalue weighted by Crippen LogP contribution is 2.29. The molecule has 1 fully saturated rings. The van der Waals surface area contributed by atoms with Gasteiger partial charge >= 0.3 is 0 Å². The van der Waals surface area contributed by atoms with Crippen LogP contribution in [-0.4, -0.2) is 23.3 Å². The summed E-state index contributed by atoms with van der Waals surface area (Å²) in [5.74, 6) is -0.346. The lowest BCUT2D eigenvalue weighted by Crippen LogP contribution is -2.30. The minimum atomic E-state index is -0.307. The Kier molecular flexibility index (Phi) is 4.88. The van der Waals surface area contributed by atoms with Crippen LogP contribution in [0.4, 0.5) is 5.69 Å². The van der Waals surface area contributed by atoms with Gasteiger partial charge in [0.05, 0.1) is 12.0 Å². The van der Waals surface area contributed by atoms with Crippen LogP contribution < -0.4 is 5.32 Å². The van der Waals surface area contributed by atoms with Crippen molar-refractivity contribution >= 4 is 17.5 Å². The van der Waals surface area contributed by atoms with Crippen molar-refractivity contribution < 1.29 is 9.59 Å². The molecule has 130 valence electrons. The molecule has 4 nitrogen and oxygen atoms in total. The highest BCUT2D eigenvalue weighted by atomic mass is 16.2. The Hall–Kier alpha value is -2.62. The van der Waals surface area contributed by atoms with Crippen LogP contribution in [-0.2, 0) is 9.59 Å². The topological polar surface area (TPSA) is 49.4 Å². The van der Waals surface area contributed by atoms with Crippen molar-refractivity contribution in [3.8, 4) is 0 Å². The van der Waals surface area contributed by atoms with E-state index in [9.17, 15) is 9.59 Å². The molecule has 2 amide bonds. The average molecular weight is 336 g/mol. The second kappa shape index (κ2) is 7.09. The number of carbonyl (C=O) groups excluding carboxylic acids is 2. The summed E-state index contributed by atoms with van der Waals surface area (Å²) in [5.41, 5.74) is 4.04. The molecule has 0 aliphatic carbocycles. The first-order chi connectivity index (χ1) is 12.0. The number of hydrogen-bond acceptors (Lipinski definition) is 2. The molecule has 0 saturated carbocycles. The summed E-state index contributed by atoms with van der Waals surface area (Å²) in [4.78, 5) is 26.9. The summed E-state index contributed by atoms with van der Waals surface area (Å²) in [7, 11) is 0. The van der Waals surface area contributed by atoms with Gasteiger partial charge in [-0.25, -0.2) is 0 Å². The minimum Gasteiger partial charge on any atom is -0.335 e. The lowest BCUT2D eigenvalue weighted by atomic mass is 10.1. The van der Waals surface area contributed by atoms with Crippen molar-refractivity contribution in [2.45, 2.75) is 33.2 Å². The van der Waals surface area contributed by atoms with Gasteiger partial charge in [-0.15, -0.1) is 0 Å². The SMILES string of the molecule is Cc1ccc(C)c(NC(=O)[C@@H]2CC(=O)N([C@@H](C)c3ccccc3)C2)c1. The molecule has 1 saturated heterocycles. The van der Waals surface area contributed by atoms with E-state index in [1.165, 1.54) is 0 Å². The monoisotopic (exact) mass is 336 g/mol. The van der Waals surface area contributed by atoms with Gasteiger partial charge in [-0.05, 0) is 43.5 Å². The second-order valence-electron chi connectivity index (χ2n) is 6.84. The van der Waals surface area contributed by atoms with Crippen LogP contribution in [0.2, 0.25) is 0 Å². The van der Waals surface area contributed by atoms with E-state index in [1.807, 2.05) is 74.2 Å². The van der Waals surface area contributed by atoms with Gasteiger partial charge in [0.1, 0.15) is 0 Å². The predicted molar refractivity (Wildman–Crippen MR) is 99.2 cm³/mol. The van der Waals surface area contributed by atoms with Crippen molar-refractivity contribution in [3.63, 3.8) is 0 Å². The molecule has 2 aromatic carbocycles. The Labute approximate surface area is 148 Å². The second-order valence-corrected chi connectivity index (χ2v) is 6.84. The Balaban J connectivity index is 1.69. The van der Waals surface area contributed by atoms with Crippen LogP contribution in [0.1, 0.15) is 36.1 Å². The fourth-order valence-electron chi connectivity index (χ4n) is 3.30. The molecule has 1 aliphatic rings. The smallest absolute Gasteiger partial charge is 0.229 e. The van der Waals surface area contributed by atoms with Crippen LogP contribution in [0.15, 0.2) is 48.5 Å². The third-order valence-corrected chi connectivity index (χ3v) is 4.93. The highest BCUT2D eigenvalue weighted by molar-refractivity contribution is 5.97. The number of nitrogens with zero attached hydrogens (tertiary/aromatic N) is 1. The summed E-state index contributed by atoms with van der Waals surface area (Å²) in [6, 6.07) is 15.9. The Morgan fingerprint density at radius 1 is 1.16 bits per heavy atom. The number of aryl methyl sites for hydroxylation is 2. The molecule has 0 unspecified atom stereocenters. The van der Waals surface area contributed by atoms with E-state index >= 15 is 0 Å². The van der Waals surface area contributed by atoms with E-state index in [0.717, 1.165) is 22.4 Å². The van der Waals surface area contributed by atoms with Gasteiger partial charge in [-0.1, -0.05) is 42.5 Å². The maximum Gasteiger partial charge on any atom is 0.229 e. The summed E-state index contributed by atoms with van der Waals surface area (Å²) in [5, 5.41) is 2.99. The summed E-state index contributed by atoms with van der Waals surface area (Å²) >= 11 is 0. The van der Waals surface area contributed by atoms with Crippen LogP contribution >= 0.6 is 0 Å². The van der Waals surface area contributed by atoms with E-state index in [0.29, 0.717) is 6.54 Å².